The van der Waals surface area contributed by atoms with E-state index in [1.165, 1.54) is 17.1 Å². The summed E-state index contributed by atoms with van der Waals surface area (Å²) in [6.07, 6.45) is 0.731. The van der Waals surface area contributed by atoms with Gasteiger partial charge in [0, 0.05) is 13.0 Å². The van der Waals surface area contributed by atoms with Crippen LogP contribution in [0.3, 0.4) is 0 Å². The van der Waals surface area contributed by atoms with Crippen molar-refractivity contribution in [2.45, 2.75) is 19.1 Å². The molecule has 1 aromatic heterocycles. The second kappa shape index (κ2) is 6.44. The molecule has 1 atom stereocenters. The van der Waals surface area contributed by atoms with Crippen LogP contribution in [0.1, 0.15) is 6.42 Å². The first-order valence-electron chi connectivity index (χ1n) is 5.24. The molecule has 0 spiro atoms. The van der Waals surface area contributed by atoms with Crippen LogP contribution in [-0.4, -0.2) is 49.2 Å². The molecule has 1 rings (SSSR count). The number of nitrogens with zero attached hydrogens (tertiary/aromatic N) is 3. The Morgan fingerprint density at radius 2 is 2.26 bits per heavy atom. The summed E-state index contributed by atoms with van der Waals surface area (Å²) in [6.45, 7) is -0.228. The number of carbonyl (C=O) groups is 2. The molecule has 0 aliphatic rings. The fourth-order valence-corrected chi connectivity index (χ4v) is 1.18. The van der Waals surface area contributed by atoms with Gasteiger partial charge in [0.05, 0.1) is 6.54 Å². The third kappa shape index (κ3) is 4.71. The Hall–Kier alpha value is -2.49. The van der Waals surface area contributed by atoms with E-state index in [9.17, 15) is 19.7 Å². The molecule has 0 unspecified atom stereocenters. The van der Waals surface area contributed by atoms with E-state index < -0.39 is 29.4 Å². The van der Waals surface area contributed by atoms with Crippen molar-refractivity contribution in [2.24, 2.45) is 0 Å². The summed E-state index contributed by atoms with van der Waals surface area (Å²) in [4.78, 5) is 34.8. The van der Waals surface area contributed by atoms with Gasteiger partial charge in [0.1, 0.15) is 6.20 Å². The normalized spacial score (nSPS) is 11.8. The van der Waals surface area contributed by atoms with Crippen LogP contribution in [0.4, 0.5) is 5.82 Å². The topological polar surface area (TPSA) is 148 Å². The van der Waals surface area contributed by atoms with Gasteiger partial charge in [0.15, 0.2) is 6.10 Å². The minimum absolute atomic E-state index is 0.0140. The molecule has 0 saturated heterocycles. The number of hydrogen-bond acceptors (Lipinski definition) is 6. The van der Waals surface area contributed by atoms with Gasteiger partial charge in [-0.05, 0) is 9.91 Å². The lowest BCUT2D eigenvalue weighted by Crippen LogP contribution is -2.36. The first kappa shape index (κ1) is 14.6. The van der Waals surface area contributed by atoms with Gasteiger partial charge in [-0.3, -0.25) is 4.79 Å². The Kier molecular flexibility index (Phi) is 4.94. The zero-order valence-electron chi connectivity index (χ0n) is 9.72. The number of aliphatic hydroxyl groups is 1. The zero-order valence-corrected chi connectivity index (χ0v) is 9.72. The molecule has 0 saturated carbocycles. The molecule has 3 N–H and O–H groups in total. The lowest BCUT2D eigenvalue weighted by molar-refractivity contribution is -0.389. The molecule has 1 heterocycles. The summed E-state index contributed by atoms with van der Waals surface area (Å²) in [7, 11) is 0. The summed E-state index contributed by atoms with van der Waals surface area (Å²) >= 11 is 0. The Bertz CT molecular complexity index is 485. The fraction of sp³-hybridized carbons (Fsp3) is 0.444. The number of carboxylic acids is 1. The number of aromatic nitrogens is 2. The maximum Gasteiger partial charge on any atom is 0.381 e. The predicted octanol–water partition coefficient (Wildman–Crippen LogP) is -1.26. The van der Waals surface area contributed by atoms with Crippen LogP contribution in [0.15, 0.2) is 12.5 Å². The van der Waals surface area contributed by atoms with E-state index in [-0.39, 0.29) is 18.8 Å². The molecule has 19 heavy (non-hydrogen) atoms. The van der Waals surface area contributed by atoms with E-state index in [0.29, 0.717) is 0 Å². The monoisotopic (exact) mass is 272 g/mol. The minimum Gasteiger partial charge on any atom is -0.479 e. The summed E-state index contributed by atoms with van der Waals surface area (Å²) in [5, 5.41) is 29.9. The highest BCUT2D eigenvalue weighted by molar-refractivity contribution is 5.77. The van der Waals surface area contributed by atoms with Crippen molar-refractivity contribution >= 4 is 17.7 Å². The van der Waals surface area contributed by atoms with E-state index in [0.717, 1.165) is 0 Å². The molecular weight excluding hydrogens is 260 g/mol. The summed E-state index contributed by atoms with van der Waals surface area (Å²) in [5.74, 6) is -2.22. The van der Waals surface area contributed by atoms with Crippen molar-refractivity contribution in [3.05, 3.63) is 22.6 Å². The van der Waals surface area contributed by atoms with Crippen LogP contribution in [0, 0.1) is 10.1 Å². The van der Waals surface area contributed by atoms with Gasteiger partial charge in [0.2, 0.25) is 12.2 Å². The van der Waals surface area contributed by atoms with Crippen LogP contribution in [0.5, 0.6) is 0 Å². The van der Waals surface area contributed by atoms with Gasteiger partial charge in [-0.1, -0.05) is 0 Å². The van der Waals surface area contributed by atoms with E-state index in [4.69, 9.17) is 10.2 Å². The SMILES string of the molecule is O=C(CCn1cnc([N+](=O)[O-])c1)NC[C@H](O)C(=O)O. The number of aliphatic carboxylic acids is 1. The summed E-state index contributed by atoms with van der Waals surface area (Å²) in [6, 6.07) is 0. The summed E-state index contributed by atoms with van der Waals surface area (Å²) < 4.78 is 1.37. The number of aryl methyl sites for hydroxylation is 1. The first-order valence-corrected chi connectivity index (χ1v) is 5.24. The lowest BCUT2D eigenvalue weighted by atomic mass is 10.3. The number of nitrogens with one attached hydrogen (secondary N) is 1. The van der Waals surface area contributed by atoms with Gasteiger partial charge >= 0.3 is 11.8 Å². The van der Waals surface area contributed by atoms with Crippen molar-refractivity contribution in [3.63, 3.8) is 0 Å². The van der Waals surface area contributed by atoms with Crippen LogP contribution >= 0.6 is 0 Å². The Balaban J connectivity index is 2.33. The number of carboxylic acid groups (broad SMARTS) is 1. The molecule has 0 aromatic carbocycles. The molecular formula is C9H12N4O6. The highest BCUT2D eigenvalue weighted by Crippen LogP contribution is 2.05. The molecule has 0 radical (unpaired) electrons. The molecule has 1 amide bonds. The quantitative estimate of drug-likeness (QED) is 0.414. The van der Waals surface area contributed by atoms with Gasteiger partial charge in [-0.15, -0.1) is 0 Å². The van der Waals surface area contributed by atoms with Gasteiger partial charge in [-0.2, -0.15) is 0 Å². The van der Waals surface area contributed by atoms with Crippen LogP contribution in [0.25, 0.3) is 0 Å². The van der Waals surface area contributed by atoms with E-state index in [2.05, 4.69) is 10.3 Å². The molecule has 0 aliphatic carbocycles. The second-order valence-electron chi connectivity index (χ2n) is 3.63. The van der Waals surface area contributed by atoms with Crippen LogP contribution < -0.4 is 5.32 Å². The van der Waals surface area contributed by atoms with Crippen LogP contribution in [-0.2, 0) is 16.1 Å². The number of nitro groups is 1. The van der Waals surface area contributed by atoms with E-state index in [1.54, 1.807) is 0 Å². The number of imidazole rings is 1. The van der Waals surface area contributed by atoms with E-state index in [1.807, 2.05) is 0 Å². The number of rotatable bonds is 7. The van der Waals surface area contributed by atoms with Crippen LogP contribution in [0.2, 0.25) is 0 Å². The molecule has 1 aromatic rings. The molecule has 0 fully saturated rings. The first-order chi connectivity index (χ1) is 8.90. The van der Waals surface area contributed by atoms with Gasteiger partial charge in [0.25, 0.3) is 0 Å². The van der Waals surface area contributed by atoms with Crippen molar-refractivity contribution in [1.29, 1.82) is 0 Å². The number of hydrogen-bond donors (Lipinski definition) is 3. The average molecular weight is 272 g/mol. The third-order valence-electron chi connectivity index (χ3n) is 2.18. The largest absolute Gasteiger partial charge is 0.479 e. The zero-order chi connectivity index (χ0) is 14.4. The average Bonchev–Trinajstić information content (AvgIpc) is 2.82. The summed E-state index contributed by atoms with van der Waals surface area (Å²) in [5.41, 5.74) is 0. The fourth-order valence-electron chi connectivity index (χ4n) is 1.18. The minimum atomic E-state index is -1.65. The van der Waals surface area contributed by atoms with Gasteiger partial charge < -0.3 is 30.2 Å². The molecule has 10 nitrogen and oxygen atoms in total. The predicted molar refractivity (Wildman–Crippen MR) is 60.2 cm³/mol. The van der Waals surface area contributed by atoms with E-state index >= 15 is 0 Å². The Labute approximate surface area is 106 Å². The smallest absolute Gasteiger partial charge is 0.381 e. The number of carbonyl (C=O) groups excluding carboxylic acids is 1. The Morgan fingerprint density at radius 3 is 2.79 bits per heavy atom. The highest BCUT2D eigenvalue weighted by Gasteiger charge is 2.14. The highest BCUT2D eigenvalue weighted by atomic mass is 16.6. The van der Waals surface area contributed by atoms with Crippen molar-refractivity contribution in [3.8, 4) is 0 Å². The molecule has 0 aliphatic heterocycles. The molecule has 104 valence electrons. The Morgan fingerprint density at radius 1 is 1.58 bits per heavy atom. The number of aliphatic hydroxyl groups excluding tert-OH is 1. The van der Waals surface area contributed by atoms with Crippen molar-refractivity contribution in [1.82, 2.24) is 14.9 Å². The second-order valence-corrected chi connectivity index (χ2v) is 3.63. The maximum absolute atomic E-state index is 11.3. The maximum atomic E-state index is 11.3. The standard InChI is InChI=1S/C9H12N4O6/c14-6(9(16)17)3-10-8(15)1-2-12-4-7(11-5-12)13(18)19/h4-6,14H,1-3H2,(H,10,15)(H,16,17)/t6-/m0/s1. The lowest BCUT2D eigenvalue weighted by Gasteiger charge is -2.07. The van der Waals surface area contributed by atoms with Gasteiger partial charge in [-0.25, -0.2) is 4.79 Å². The van der Waals surface area contributed by atoms with Crippen molar-refractivity contribution in [2.75, 3.05) is 6.54 Å². The van der Waals surface area contributed by atoms with Crippen molar-refractivity contribution < 1.29 is 24.7 Å². The number of amides is 1. The third-order valence-corrected chi connectivity index (χ3v) is 2.18. The molecule has 0 bridgehead atoms. The molecule has 10 heteroatoms.